The number of halogens is 1. The Labute approximate surface area is 265 Å². The molecule has 0 saturated carbocycles. The second kappa shape index (κ2) is 29.0. The Balaban J connectivity index is 0.0000168. The average Bonchev–Trinajstić information content (AvgIpc) is 3.37. The largest absolute Gasteiger partial charge is 1.00 e. The van der Waals surface area contributed by atoms with Gasteiger partial charge in [-0.15, -0.1) is 0 Å². The maximum absolute atomic E-state index is 12.0. The highest BCUT2D eigenvalue weighted by molar-refractivity contribution is 5.94. The summed E-state index contributed by atoms with van der Waals surface area (Å²) in [7, 11) is 2.30. The van der Waals surface area contributed by atoms with Gasteiger partial charge < -0.3 is 35.8 Å². The van der Waals surface area contributed by atoms with Crippen molar-refractivity contribution >= 4 is 11.8 Å². The van der Waals surface area contributed by atoms with E-state index in [1.54, 1.807) is 0 Å². The van der Waals surface area contributed by atoms with Gasteiger partial charge in [0.15, 0.2) is 0 Å². The van der Waals surface area contributed by atoms with Gasteiger partial charge in [-0.1, -0.05) is 103 Å². The number of esters is 1. The SMILES string of the molecule is CCCCCCCCCCCCCCCCCCOCC(COCCOCC[N+]1(C)CCCC1)OC(=O)CC(C)=O.[Cl-]. The number of ketones is 1. The zero-order chi connectivity index (χ0) is 29.9. The van der Waals surface area contributed by atoms with Crippen molar-refractivity contribution in [2.75, 3.05) is 66.3 Å². The molecule has 1 fully saturated rings. The number of rotatable bonds is 30. The summed E-state index contributed by atoms with van der Waals surface area (Å²) in [5.41, 5.74) is 0. The van der Waals surface area contributed by atoms with Crippen LogP contribution in [0.1, 0.15) is 136 Å². The minimum absolute atomic E-state index is 0. The minimum Gasteiger partial charge on any atom is -1.00 e. The van der Waals surface area contributed by atoms with E-state index in [2.05, 4.69) is 14.0 Å². The topological polar surface area (TPSA) is 71.1 Å². The Morgan fingerprint density at radius 1 is 0.643 bits per heavy atom. The first-order valence-corrected chi connectivity index (χ1v) is 17.2. The third-order valence-electron chi connectivity index (χ3n) is 8.23. The van der Waals surface area contributed by atoms with Crippen molar-refractivity contribution in [1.29, 1.82) is 0 Å². The summed E-state index contributed by atoms with van der Waals surface area (Å²) in [6, 6.07) is 0. The summed E-state index contributed by atoms with van der Waals surface area (Å²) in [6.07, 6.45) is 23.4. The van der Waals surface area contributed by atoms with Crippen molar-refractivity contribution in [2.45, 2.75) is 142 Å². The zero-order valence-corrected chi connectivity index (χ0v) is 28.4. The lowest BCUT2D eigenvalue weighted by molar-refractivity contribution is -0.898. The van der Waals surface area contributed by atoms with Crippen LogP contribution in [0, 0.1) is 0 Å². The third kappa shape index (κ3) is 25.7. The van der Waals surface area contributed by atoms with Crippen molar-refractivity contribution < 1.29 is 45.4 Å². The van der Waals surface area contributed by atoms with Crippen LogP contribution in [0.15, 0.2) is 0 Å². The molecule has 1 unspecified atom stereocenters. The van der Waals surface area contributed by atoms with Gasteiger partial charge in [0.05, 0.1) is 53.2 Å². The number of carbonyl (C=O) groups is 2. The smallest absolute Gasteiger partial charge is 0.313 e. The van der Waals surface area contributed by atoms with Gasteiger partial charge in [-0.05, 0) is 13.3 Å². The molecule has 250 valence electrons. The van der Waals surface area contributed by atoms with Gasteiger partial charge in [0, 0.05) is 19.4 Å². The molecule has 0 aliphatic carbocycles. The minimum atomic E-state index is -0.518. The van der Waals surface area contributed by atoms with Crippen molar-refractivity contribution in [3.05, 3.63) is 0 Å². The van der Waals surface area contributed by atoms with E-state index in [1.807, 2.05) is 0 Å². The van der Waals surface area contributed by atoms with E-state index >= 15 is 0 Å². The van der Waals surface area contributed by atoms with Crippen molar-refractivity contribution in [3.8, 4) is 0 Å². The number of carbonyl (C=O) groups excluding carboxylic acids is 2. The molecule has 1 aliphatic heterocycles. The zero-order valence-electron chi connectivity index (χ0n) is 27.7. The summed E-state index contributed by atoms with van der Waals surface area (Å²) < 4.78 is 23.8. The molecule has 8 heteroatoms. The van der Waals surface area contributed by atoms with Gasteiger partial charge >= 0.3 is 5.97 Å². The first kappa shape index (κ1) is 41.3. The molecule has 0 radical (unpaired) electrons. The fourth-order valence-electron chi connectivity index (χ4n) is 5.56. The second-order valence-electron chi connectivity index (χ2n) is 12.6. The molecule has 0 bridgehead atoms. The molecule has 0 aromatic rings. The number of unbranched alkanes of at least 4 members (excludes halogenated alkanes) is 15. The van der Waals surface area contributed by atoms with E-state index in [0.717, 1.165) is 24.1 Å². The molecule has 42 heavy (non-hydrogen) atoms. The number of hydrogen-bond donors (Lipinski definition) is 0. The molecule has 1 aliphatic rings. The predicted octanol–water partition coefficient (Wildman–Crippen LogP) is 4.43. The summed E-state index contributed by atoms with van der Waals surface area (Å²) >= 11 is 0. The first-order chi connectivity index (χ1) is 19.9. The summed E-state index contributed by atoms with van der Waals surface area (Å²) in [5, 5.41) is 0. The van der Waals surface area contributed by atoms with Gasteiger partial charge in [0.25, 0.3) is 0 Å². The van der Waals surface area contributed by atoms with Crippen molar-refractivity contribution in [3.63, 3.8) is 0 Å². The molecule has 1 rings (SSSR count). The summed E-state index contributed by atoms with van der Waals surface area (Å²) in [6.45, 7) is 10.1. The first-order valence-electron chi connectivity index (χ1n) is 17.2. The highest BCUT2D eigenvalue weighted by Gasteiger charge is 2.26. The quantitative estimate of drug-likeness (QED) is 0.0513. The Bertz CT molecular complexity index is 629. The highest BCUT2D eigenvalue weighted by Crippen LogP contribution is 2.16. The van der Waals surface area contributed by atoms with Crippen molar-refractivity contribution in [2.24, 2.45) is 0 Å². The number of hydrogen-bond acceptors (Lipinski definition) is 6. The molecule has 0 aromatic heterocycles. The van der Waals surface area contributed by atoms with Gasteiger partial charge in [-0.3, -0.25) is 9.59 Å². The van der Waals surface area contributed by atoms with E-state index in [-0.39, 0.29) is 31.2 Å². The van der Waals surface area contributed by atoms with Gasteiger partial charge in [-0.2, -0.15) is 0 Å². The van der Waals surface area contributed by atoms with E-state index in [0.29, 0.717) is 26.4 Å². The van der Waals surface area contributed by atoms with Crippen LogP contribution < -0.4 is 12.4 Å². The molecular weight excluding hydrogens is 554 g/mol. The highest BCUT2D eigenvalue weighted by atomic mass is 35.5. The van der Waals surface area contributed by atoms with Crippen LogP contribution in [0.25, 0.3) is 0 Å². The number of nitrogens with zero attached hydrogens (tertiary/aromatic N) is 1. The van der Waals surface area contributed by atoms with Crippen LogP contribution in [0.3, 0.4) is 0 Å². The summed E-state index contributed by atoms with van der Waals surface area (Å²) in [4.78, 5) is 23.3. The molecule has 1 atom stereocenters. The monoisotopic (exact) mass is 619 g/mol. The van der Waals surface area contributed by atoms with Gasteiger partial charge in [-0.25, -0.2) is 0 Å². The Hall–Kier alpha value is -0.730. The molecular formula is C34H66ClNO6. The Morgan fingerprint density at radius 2 is 1.10 bits per heavy atom. The maximum Gasteiger partial charge on any atom is 0.313 e. The lowest BCUT2D eigenvalue weighted by Gasteiger charge is -2.28. The van der Waals surface area contributed by atoms with Gasteiger partial charge in [0.1, 0.15) is 24.9 Å². The van der Waals surface area contributed by atoms with Gasteiger partial charge in [0.2, 0.25) is 0 Å². The van der Waals surface area contributed by atoms with E-state index in [1.165, 1.54) is 129 Å². The number of quaternary nitrogens is 1. The lowest BCUT2D eigenvalue weighted by Crippen LogP contribution is -3.00. The van der Waals surface area contributed by atoms with Crippen LogP contribution in [-0.2, 0) is 28.5 Å². The van der Waals surface area contributed by atoms with Crippen LogP contribution in [0.2, 0.25) is 0 Å². The summed E-state index contributed by atoms with van der Waals surface area (Å²) in [5.74, 6) is -0.720. The maximum atomic E-state index is 12.0. The van der Waals surface area contributed by atoms with Crippen LogP contribution in [0.4, 0.5) is 0 Å². The Kier molecular flexibility index (Phi) is 28.5. The molecule has 0 spiro atoms. The molecule has 0 amide bonds. The Morgan fingerprint density at radius 3 is 1.60 bits per heavy atom. The second-order valence-corrected chi connectivity index (χ2v) is 12.6. The number of likely N-dealkylation sites (N-methyl/N-ethyl adjacent to an activating group) is 1. The lowest BCUT2D eigenvalue weighted by atomic mass is 10.0. The number of Topliss-reactive ketones (excluding diaryl/α,β-unsaturated/α-hetero) is 1. The van der Waals surface area contributed by atoms with Crippen LogP contribution in [0.5, 0.6) is 0 Å². The van der Waals surface area contributed by atoms with E-state index in [4.69, 9.17) is 18.9 Å². The third-order valence-corrected chi connectivity index (χ3v) is 8.23. The van der Waals surface area contributed by atoms with Crippen LogP contribution >= 0.6 is 0 Å². The molecule has 1 saturated heterocycles. The number of ether oxygens (including phenoxy) is 4. The molecule has 7 nitrogen and oxygen atoms in total. The average molecular weight is 620 g/mol. The fraction of sp³-hybridized carbons (Fsp3) is 0.941. The normalized spacial score (nSPS) is 14.9. The van der Waals surface area contributed by atoms with Crippen molar-refractivity contribution in [1.82, 2.24) is 0 Å². The number of likely N-dealkylation sites (tertiary alicyclic amines) is 1. The predicted molar refractivity (Wildman–Crippen MR) is 167 cm³/mol. The fourth-order valence-corrected chi connectivity index (χ4v) is 5.56. The van der Waals surface area contributed by atoms with E-state index < -0.39 is 12.1 Å². The molecule has 0 N–H and O–H groups in total. The molecule has 1 heterocycles. The van der Waals surface area contributed by atoms with Crippen LogP contribution in [-0.4, -0.2) is 88.7 Å². The molecule has 0 aromatic carbocycles. The van der Waals surface area contributed by atoms with E-state index in [9.17, 15) is 9.59 Å². The standard InChI is InChI=1S/C34H66NO6.ClH/c1-4-5-6-7-8-9-10-11-12-13-14-15-16-17-18-21-25-39-30-33(41-34(37)29-32(2)36)31-40-28-27-38-26-24-35(3)22-19-20-23-35;/h33H,4-31H2,1-3H3;1H/q+1;/p-1.